The van der Waals surface area contributed by atoms with Gasteiger partial charge in [-0.15, -0.1) is 0 Å². The quantitative estimate of drug-likeness (QED) is 0.654. The Morgan fingerprint density at radius 2 is 1.85 bits per heavy atom. The second-order valence-corrected chi connectivity index (χ2v) is 8.29. The summed E-state index contributed by atoms with van der Waals surface area (Å²) in [5, 5.41) is 2.64. The van der Waals surface area contributed by atoms with Gasteiger partial charge >= 0.3 is 0 Å². The van der Waals surface area contributed by atoms with E-state index in [-0.39, 0.29) is 23.9 Å². The Kier molecular flexibility index (Phi) is 4.89. The number of benzene rings is 3. The van der Waals surface area contributed by atoms with Gasteiger partial charge in [-0.05, 0) is 41.0 Å². The Balaban J connectivity index is 1.64. The maximum Gasteiger partial charge on any atom is 0.261 e. The smallest absolute Gasteiger partial charge is 0.261 e. The van der Waals surface area contributed by atoms with E-state index >= 15 is 0 Å². The van der Waals surface area contributed by atoms with Crippen molar-refractivity contribution in [2.75, 3.05) is 14.1 Å². The standard InChI is InChI=1S/C26H24N4O3/c1-28-23(31)19-10-6-9-17(13-19)18-11-12-21-20(14-18)26(24(32)30(2)25(27)29-26)15-22(33-21)16-7-4-3-5-8-16/h3-14,22H,15H2,1-2H3,(H2,27,29)(H,28,31). The van der Waals surface area contributed by atoms with Gasteiger partial charge in [0.15, 0.2) is 11.5 Å². The molecule has 3 aromatic carbocycles. The molecule has 2 heterocycles. The van der Waals surface area contributed by atoms with Gasteiger partial charge in [0.25, 0.3) is 11.8 Å². The number of fused-ring (bicyclic) bond motifs is 2. The molecule has 3 N–H and O–H groups in total. The lowest BCUT2D eigenvalue weighted by Crippen LogP contribution is -2.43. The zero-order valence-electron chi connectivity index (χ0n) is 18.4. The number of ether oxygens (including phenoxy) is 1. The highest BCUT2D eigenvalue weighted by atomic mass is 16.5. The monoisotopic (exact) mass is 440 g/mol. The second-order valence-electron chi connectivity index (χ2n) is 8.29. The highest BCUT2D eigenvalue weighted by molar-refractivity contribution is 6.07. The highest BCUT2D eigenvalue weighted by Gasteiger charge is 2.53. The van der Waals surface area contributed by atoms with Crippen LogP contribution in [0, 0.1) is 0 Å². The molecule has 0 radical (unpaired) electrons. The van der Waals surface area contributed by atoms with Crippen LogP contribution < -0.4 is 15.8 Å². The maximum absolute atomic E-state index is 13.5. The third kappa shape index (κ3) is 3.33. The first-order chi connectivity index (χ1) is 15.9. The van der Waals surface area contributed by atoms with E-state index in [0.717, 1.165) is 16.7 Å². The normalized spacial score (nSPS) is 21.4. The summed E-state index contributed by atoms with van der Waals surface area (Å²) in [6.45, 7) is 0. The SMILES string of the molecule is CNC(=O)c1cccc(-c2ccc3c(c2)C2(CC(c4ccccc4)O3)N=C(N)N(C)C2=O)c1. The van der Waals surface area contributed by atoms with E-state index < -0.39 is 5.54 Å². The van der Waals surface area contributed by atoms with E-state index in [4.69, 9.17) is 10.5 Å². The van der Waals surface area contributed by atoms with Crippen molar-refractivity contribution in [2.24, 2.45) is 10.7 Å². The number of nitrogens with two attached hydrogens (primary N) is 1. The number of amides is 2. The molecule has 5 rings (SSSR count). The predicted octanol–water partition coefficient (Wildman–Crippen LogP) is 3.22. The van der Waals surface area contributed by atoms with Gasteiger partial charge < -0.3 is 15.8 Å². The maximum atomic E-state index is 13.5. The summed E-state index contributed by atoms with van der Waals surface area (Å²) in [6.07, 6.45) is 0.00318. The van der Waals surface area contributed by atoms with Crippen molar-refractivity contribution in [3.8, 4) is 16.9 Å². The minimum Gasteiger partial charge on any atom is -0.485 e. The molecule has 2 atom stereocenters. The molecule has 2 aliphatic heterocycles. The number of likely N-dealkylation sites (N-methyl/N-ethyl adjacent to an activating group) is 1. The number of rotatable bonds is 3. The molecule has 7 nitrogen and oxygen atoms in total. The van der Waals surface area contributed by atoms with E-state index in [2.05, 4.69) is 10.3 Å². The van der Waals surface area contributed by atoms with Crippen LogP contribution in [0.25, 0.3) is 11.1 Å². The molecule has 0 bridgehead atoms. The molecule has 33 heavy (non-hydrogen) atoms. The largest absolute Gasteiger partial charge is 0.485 e. The van der Waals surface area contributed by atoms with Crippen molar-refractivity contribution in [3.05, 3.63) is 89.5 Å². The molecule has 7 heteroatoms. The molecule has 0 fully saturated rings. The molecule has 166 valence electrons. The number of carbonyl (C=O) groups excluding carboxylic acids is 2. The molecule has 2 amide bonds. The minimum atomic E-state index is -1.17. The lowest BCUT2D eigenvalue weighted by atomic mass is 9.79. The fourth-order valence-electron chi connectivity index (χ4n) is 4.55. The van der Waals surface area contributed by atoms with Crippen LogP contribution in [-0.2, 0) is 10.3 Å². The Morgan fingerprint density at radius 3 is 2.55 bits per heavy atom. The fourth-order valence-corrected chi connectivity index (χ4v) is 4.55. The Bertz CT molecular complexity index is 1290. The van der Waals surface area contributed by atoms with Crippen LogP contribution in [0.5, 0.6) is 5.75 Å². The van der Waals surface area contributed by atoms with Gasteiger partial charge in [-0.25, -0.2) is 4.99 Å². The first-order valence-corrected chi connectivity index (χ1v) is 10.7. The number of nitrogens with zero attached hydrogens (tertiary/aromatic N) is 2. The Hall–Kier alpha value is -4.13. The summed E-state index contributed by atoms with van der Waals surface area (Å²) in [5.41, 5.74) is 8.86. The molecule has 2 aliphatic rings. The number of nitrogens with one attached hydrogen (secondary N) is 1. The van der Waals surface area contributed by atoms with Crippen molar-refractivity contribution in [1.29, 1.82) is 0 Å². The number of carbonyl (C=O) groups is 2. The van der Waals surface area contributed by atoms with Crippen molar-refractivity contribution in [1.82, 2.24) is 10.2 Å². The summed E-state index contributed by atoms with van der Waals surface area (Å²) in [4.78, 5) is 31.7. The summed E-state index contributed by atoms with van der Waals surface area (Å²) in [5.74, 6) is 0.445. The van der Waals surface area contributed by atoms with Crippen molar-refractivity contribution < 1.29 is 14.3 Å². The van der Waals surface area contributed by atoms with Crippen LogP contribution >= 0.6 is 0 Å². The van der Waals surface area contributed by atoms with E-state index in [1.165, 1.54) is 4.90 Å². The molecule has 0 aliphatic carbocycles. The molecule has 2 unspecified atom stereocenters. The van der Waals surface area contributed by atoms with Crippen molar-refractivity contribution in [2.45, 2.75) is 18.1 Å². The van der Waals surface area contributed by atoms with Gasteiger partial charge in [0.1, 0.15) is 11.9 Å². The van der Waals surface area contributed by atoms with E-state index in [1.807, 2.05) is 66.7 Å². The number of hydrogen-bond acceptors (Lipinski definition) is 5. The summed E-state index contributed by atoms with van der Waals surface area (Å²) < 4.78 is 6.35. The van der Waals surface area contributed by atoms with Gasteiger partial charge in [-0.3, -0.25) is 14.5 Å². The van der Waals surface area contributed by atoms with Crippen LogP contribution in [-0.4, -0.2) is 36.8 Å². The molecule has 0 saturated carbocycles. The average molecular weight is 441 g/mol. The first-order valence-electron chi connectivity index (χ1n) is 10.7. The van der Waals surface area contributed by atoms with E-state index in [9.17, 15) is 9.59 Å². The molecule has 3 aromatic rings. The van der Waals surface area contributed by atoms with Crippen LogP contribution in [0.3, 0.4) is 0 Å². The fraction of sp³-hybridized carbons (Fsp3) is 0.192. The summed E-state index contributed by atoms with van der Waals surface area (Å²) >= 11 is 0. The third-order valence-electron chi connectivity index (χ3n) is 6.34. The first kappa shape index (κ1) is 20.8. The third-order valence-corrected chi connectivity index (χ3v) is 6.34. The molecular weight excluding hydrogens is 416 g/mol. The lowest BCUT2D eigenvalue weighted by molar-refractivity contribution is -0.132. The van der Waals surface area contributed by atoms with Crippen LogP contribution in [0.4, 0.5) is 0 Å². The summed E-state index contributed by atoms with van der Waals surface area (Å²) in [7, 11) is 3.24. The van der Waals surface area contributed by atoms with E-state index in [1.54, 1.807) is 20.2 Å². The molecule has 0 aromatic heterocycles. The molecule has 0 saturated heterocycles. The predicted molar refractivity (Wildman–Crippen MR) is 126 cm³/mol. The number of hydrogen-bond donors (Lipinski definition) is 2. The lowest BCUT2D eigenvalue weighted by Gasteiger charge is -2.37. The average Bonchev–Trinajstić information content (AvgIpc) is 3.07. The number of guanidine groups is 1. The van der Waals surface area contributed by atoms with Gasteiger partial charge in [0.2, 0.25) is 0 Å². The highest BCUT2D eigenvalue weighted by Crippen LogP contribution is 2.50. The van der Waals surface area contributed by atoms with Crippen LogP contribution in [0.15, 0.2) is 77.8 Å². The zero-order chi connectivity index (χ0) is 23.2. The Labute approximate surface area is 191 Å². The summed E-state index contributed by atoms with van der Waals surface area (Å²) in [6, 6.07) is 22.9. The Morgan fingerprint density at radius 1 is 1.09 bits per heavy atom. The zero-order valence-corrected chi connectivity index (χ0v) is 18.4. The van der Waals surface area contributed by atoms with Gasteiger partial charge in [-0.1, -0.05) is 48.5 Å². The van der Waals surface area contributed by atoms with Crippen LogP contribution in [0.2, 0.25) is 0 Å². The van der Waals surface area contributed by atoms with Crippen molar-refractivity contribution >= 4 is 17.8 Å². The topological polar surface area (TPSA) is 97.0 Å². The van der Waals surface area contributed by atoms with Gasteiger partial charge in [0.05, 0.1) is 0 Å². The van der Waals surface area contributed by atoms with Crippen molar-refractivity contribution in [3.63, 3.8) is 0 Å². The molecular formula is C26H24N4O3. The van der Waals surface area contributed by atoms with Gasteiger partial charge in [-0.2, -0.15) is 0 Å². The minimum absolute atomic E-state index is 0.162. The second kappa shape index (κ2) is 7.78. The molecule has 1 spiro atoms. The number of aliphatic imine (C=N–C) groups is 1. The van der Waals surface area contributed by atoms with E-state index in [0.29, 0.717) is 23.3 Å². The van der Waals surface area contributed by atoms with Crippen LogP contribution in [0.1, 0.15) is 34.0 Å². The van der Waals surface area contributed by atoms with Gasteiger partial charge in [0, 0.05) is 31.6 Å².